The molecular formula is C24H27N5O3S. The number of nitrogens with two attached hydrogens (primary N) is 1. The molecule has 1 aromatic heterocycles. The summed E-state index contributed by atoms with van der Waals surface area (Å²) in [6, 6.07) is 16.2. The van der Waals surface area contributed by atoms with Crippen molar-refractivity contribution in [2.75, 3.05) is 7.05 Å². The summed E-state index contributed by atoms with van der Waals surface area (Å²) in [7, 11) is -1.94. The van der Waals surface area contributed by atoms with Crippen molar-refractivity contribution in [3.63, 3.8) is 0 Å². The fourth-order valence-electron chi connectivity index (χ4n) is 4.50. The Labute approximate surface area is 193 Å². The maximum atomic E-state index is 13.4. The number of sulfonamides is 1. The minimum atomic E-state index is -3.80. The molecule has 2 saturated carbocycles. The van der Waals surface area contributed by atoms with E-state index in [1.165, 1.54) is 37.8 Å². The van der Waals surface area contributed by atoms with E-state index in [9.17, 15) is 13.2 Å². The van der Waals surface area contributed by atoms with Gasteiger partial charge in [-0.05, 0) is 67.3 Å². The number of carbonyl (C=O) groups is 1. The molecule has 0 unspecified atom stereocenters. The van der Waals surface area contributed by atoms with E-state index in [0.29, 0.717) is 29.8 Å². The van der Waals surface area contributed by atoms with Gasteiger partial charge in [0.2, 0.25) is 15.8 Å². The first-order valence-corrected chi connectivity index (χ1v) is 12.8. The summed E-state index contributed by atoms with van der Waals surface area (Å²) in [5.41, 5.74) is 1.65. The Bertz CT molecular complexity index is 1250. The van der Waals surface area contributed by atoms with Crippen LogP contribution in [0.15, 0.2) is 59.5 Å². The van der Waals surface area contributed by atoms with Crippen LogP contribution < -0.4 is 5.14 Å². The molecule has 0 atom stereocenters. The van der Waals surface area contributed by atoms with Gasteiger partial charge in [-0.25, -0.2) is 23.2 Å². The van der Waals surface area contributed by atoms with Gasteiger partial charge >= 0.3 is 0 Å². The Morgan fingerprint density at radius 3 is 2.21 bits per heavy atom. The zero-order valence-corrected chi connectivity index (χ0v) is 19.3. The van der Waals surface area contributed by atoms with Crippen LogP contribution in [0.2, 0.25) is 0 Å². The van der Waals surface area contributed by atoms with Crippen LogP contribution in [-0.4, -0.2) is 47.1 Å². The Morgan fingerprint density at radius 2 is 1.67 bits per heavy atom. The standard InChI is InChI=1S/C24H27N5O3S/c1-28(22(17-7-8-17)18-9-10-18)24(30)23-26-21(15-16-5-3-2-4-6-16)29(27-23)19-11-13-20(14-12-19)33(25,31)32/h2-6,11-14,17-18,22H,7-10,15H2,1H3,(H2,25,31,32). The van der Waals surface area contributed by atoms with Crippen molar-refractivity contribution in [3.05, 3.63) is 71.8 Å². The molecule has 2 N–H and O–H groups in total. The van der Waals surface area contributed by atoms with Crippen molar-refractivity contribution >= 4 is 15.9 Å². The summed E-state index contributed by atoms with van der Waals surface area (Å²) in [5, 5.41) is 9.79. The molecule has 0 radical (unpaired) electrons. The number of carbonyl (C=O) groups excluding carboxylic acids is 1. The third kappa shape index (κ3) is 4.69. The molecule has 2 fully saturated rings. The summed E-state index contributed by atoms with van der Waals surface area (Å²) in [6.07, 6.45) is 5.19. The third-order valence-corrected chi connectivity index (χ3v) is 7.39. The SMILES string of the molecule is CN(C(=O)c1nc(Cc2ccccc2)n(-c2ccc(S(N)(=O)=O)cc2)n1)C(C1CC1)C1CC1. The van der Waals surface area contributed by atoms with Crippen molar-refractivity contribution in [2.24, 2.45) is 17.0 Å². The largest absolute Gasteiger partial charge is 0.335 e. The molecule has 3 aromatic rings. The molecule has 33 heavy (non-hydrogen) atoms. The minimum absolute atomic E-state index is 0.0173. The Hall–Kier alpha value is -3.04. The number of hydrogen-bond acceptors (Lipinski definition) is 5. The van der Waals surface area contributed by atoms with Gasteiger partial charge in [-0.3, -0.25) is 4.79 Å². The van der Waals surface area contributed by atoms with E-state index in [0.717, 1.165) is 5.56 Å². The van der Waals surface area contributed by atoms with Gasteiger partial charge in [0.1, 0.15) is 5.82 Å². The normalized spacial score (nSPS) is 16.2. The topological polar surface area (TPSA) is 111 Å². The lowest BCUT2D eigenvalue weighted by Gasteiger charge is -2.27. The van der Waals surface area contributed by atoms with Crippen LogP contribution >= 0.6 is 0 Å². The lowest BCUT2D eigenvalue weighted by Crippen LogP contribution is -2.40. The molecule has 172 valence electrons. The number of hydrogen-bond donors (Lipinski definition) is 1. The fourth-order valence-corrected chi connectivity index (χ4v) is 5.01. The molecule has 2 aromatic carbocycles. The van der Waals surface area contributed by atoms with E-state index in [2.05, 4.69) is 10.1 Å². The lowest BCUT2D eigenvalue weighted by molar-refractivity contribution is 0.0677. The first-order chi connectivity index (χ1) is 15.8. The molecule has 1 heterocycles. The molecule has 1 amide bonds. The molecule has 2 aliphatic rings. The quantitative estimate of drug-likeness (QED) is 0.550. The number of rotatable bonds is 8. The summed E-state index contributed by atoms with van der Waals surface area (Å²) in [5.74, 6) is 1.76. The average Bonchev–Trinajstić information content (AvgIpc) is 3.74. The smallest absolute Gasteiger partial charge is 0.293 e. The van der Waals surface area contributed by atoms with E-state index in [1.807, 2.05) is 42.3 Å². The van der Waals surface area contributed by atoms with Gasteiger partial charge in [0, 0.05) is 19.5 Å². The highest BCUT2D eigenvalue weighted by Crippen LogP contribution is 2.47. The summed E-state index contributed by atoms with van der Waals surface area (Å²) in [6.45, 7) is 0. The Kier molecular flexibility index (Phi) is 5.54. The zero-order chi connectivity index (χ0) is 23.2. The van der Waals surface area contributed by atoms with Gasteiger partial charge in [0.15, 0.2) is 0 Å². The van der Waals surface area contributed by atoms with Crippen LogP contribution in [0, 0.1) is 11.8 Å². The van der Waals surface area contributed by atoms with Gasteiger partial charge < -0.3 is 4.90 Å². The highest BCUT2D eigenvalue weighted by Gasteiger charge is 2.45. The van der Waals surface area contributed by atoms with Gasteiger partial charge in [0.05, 0.1) is 10.6 Å². The molecule has 0 spiro atoms. The molecule has 5 rings (SSSR count). The minimum Gasteiger partial charge on any atom is -0.335 e. The predicted octanol–water partition coefficient (Wildman–Crippen LogP) is 2.77. The Balaban J connectivity index is 1.49. The third-order valence-electron chi connectivity index (χ3n) is 6.46. The summed E-state index contributed by atoms with van der Waals surface area (Å²) < 4.78 is 24.9. The van der Waals surface area contributed by atoms with E-state index >= 15 is 0 Å². The Morgan fingerprint density at radius 1 is 1.06 bits per heavy atom. The van der Waals surface area contributed by atoms with Gasteiger partial charge in [-0.15, -0.1) is 5.10 Å². The second kappa shape index (κ2) is 8.39. The molecule has 8 nitrogen and oxygen atoms in total. The molecule has 2 aliphatic carbocycles. The molecule has 0 saturated heterocycles. The van der Waals surface area contributed by atoms with E-state index < -0.39 is 10.0 Å². The van der Waals surface area contributed by atoms with Crippen LogP contribution in [0.1, 0.15) is 47.7 Å². The number of aromatic nitrogens is 3. The maximum Gasteiger partial charge on any atom is 0.293 e. The monoisotopic (exact) mass is 465 g/mol. The summed E-state index contributed by atoms with van der Waals surface area (Å²) >= 11 is 0. The highest BCUT2D eigenvalue weighted by atomic mass is 32.2. The summed E-state index contributed by atoms with van der Waals surface area (Å²) in [4.78, 5) is 19.9. The average molecular weight is 466 g/mol. The number of primary sulfonamides is 1. The zero-order valence-electron chi connectivity index (χ0n) is 18.5. The molecule has 0 bridgehead atoms. The number of amides is 1. The molecule has 0 aliphatic heterocycles. The van der Waals surface area contributed by atoms with Crippen molar-refractivity contribution in [1.29, 1.82) is 0 Å². The van der Waals surface area contributed by atoms with E-state index in [4.69, 9.17) is 5.14 Å². The van der Waals surface area contributed by atoms with Crippen molar-refractivity contribution in [3.8, 4) is 5.69 Å². The number of benzene rings is 2. The van der Waals surface area contributed by atoms with Crippen molar-refractivity contribution < 1.29 is 13.2 Å². The first kappa shape index (κ1) is 21.8. The predicted molar refractivity (Wildman–Crippen MR) is 123 cm³/mol. The first-order valence-electron chi connectivity index (χ1n) is 11.2. The van der Waals surface area contributed by atoms with Crippen molar-refractivity contribution in [2.45, 2.75) is 43.0 Å². The second-order valence-corrected chi connectivity index (χ2v) is 10.6. The van der Waals surface area contributed by atoms with Gasteiger partial charge in [0.25, 0.3) is 5.91 Å². The van der Waals surface area contributed by atoms with Crippen LogP contribution in [0.3, 0.4) is 0 Å². The lowest BCUT2D eigenvalue weighted by atomic mass is 10.1. The van der Waals surface area contributed by atoms with Crippen LogP contribution in [0.4, 0.5) is 0 Å². The highest BCUT2D eigenvalue weighted by molar-refractivity contribution is 7.89. The fraction of sp³-hybridized carbons (Fsp3) is 0.375. The van der Waals surface area contributed by atoms with Crippen LogP contribution in [-0.2, 0) is 16.4 Å². The van der Waals surface area contributed by atoms with Gasteiger partial charge in [-0.2, -0.15) is 0 Å². The van der Waals surface area contributed by atoms with Crippen LogP contribution in [0.5, 0.6) is 0 Å². The van der Waals surface area contributed by atoms with Crippen LogP contribution in [0.25, 0.3) is 5.69 Å². The second-order valence-electron chi connectivity index (χ2n) is 9.05. The molecular weight excluding hydrogens is 438 g/mol. The number of nitrogens with zero attached hydrogens (tertiary/aromatic N) is 4. The van der Waals surface area contributed by atoms with E-state index in [-0.39, 0.29) is 22.7 Å². The van der Waals surface area contributed by atoms with Crippen molar-refractivity contribution in [1.82, 2.24) is 19.7 Å². The molecule has 9 heteroatoms. The van der Waals surface area contributed by atoms with Gasteiger partial charge in [-0.1, -0.05) is 30.3 Å². The maximum absolute atomic E-state index is 13.4. The van der Waals surface area contributed by atoms with E-state index in [1.54, 1.807) is 16.8 Å².